The minimum atomic E-state index is -0.648. The number of nitrogens with one attached hydrogen (secondary N) is 2. The van der Waals surface area contributed by atoms with Crippen molar-refractivity contribution in [2.45, 2.75) is 12.5 Å². The molecule has 7 nitrogen and oxygen atoms in total. The maximum absolute atomic E-state index is 13.5. The number of aryl methyl sites for hydroxylation is 1. The van der Waals surface area contributed by atoms with E-state index in [9.17, 15) is 14.0 Å². The van der Waals surface area contributed by atoms with Crippen LogP contribution in [0.1, 0.15) is 21.6 Å². The van der Waals surface area contributed by atoms with Gasteiger partial charge in [-0.1, -0.05) is 48.5 Å². The standard InChI is InChI=1S/C28H24FN5O2/c1-17-24(26(35)31-28(15-33(2)16-28)21-9-11-22(29)12-10-21)32-34-14-23(30-27(36)25(17)34)20-8-7-18-5-3-4-6-19(18)13-20/h3-14H,15-16H2,1-2H3,(H,30,36)(H,31,35). The number of likely N-dealkylation sites (N-methyl/N-ethyl adjacent to an activating group) is 1. The maximum atomic E-state index is 13.5. The molecular weight excluding hydrogens is 457 g/mol. The molecule has 6 rings (SSSR count). The number of benzene rings is 3. The van der Waals surface area contributed by atoms with Crippen LogP contribution in [-0.2, 0) is 5.54 Å². The first kappa shape index (κ1) is 22.2. The maximum Gasteiger partial charge on any atom is 0.274 e. The first-order valence-electron chi connectivity index (χ1n) is 11.7. The summed E-state index contributed by atoms with van der Waals surface area (Å²) in [4.78, 5) is 31.5. The highest BCUT2D eigenvalue weighted by molar-refractivity contribution is 5.96. The summed E-state index contributed by atoms with van der Waals surface area (Å²) in [6.45, 7) is 2.90. The Morgan fingerprint density at radius 1 is 1.06 bits per heavy atom. The van der Waals surface area contributed by atoms with E-state index in [0.717, 1.165) is 21.9 Å². The number of halogens is 1. The van der Waals surface area contributed by atoms with Crippen molar-refractivity contribution in [1.29, 1.82) is 0 Å². The van der Waals surface area contributed by atoms with Crippen LogP contribution in [0.2, 0.25) is 0 Å². The molecule has 1 fully saturated rings. The molecule has 1 aliphatic rings. The number of aromatic nitrogens is 3. The second kappa shape index (κ2) is 8.13. The molecule has 0 unspecified atom stereocenters. The number of likely N-dealkylation sites (tertiary alicyclic amines) is 1. The van der Waals surface area contributed by atoms with Crippen molar-refractivity contribution in [3.8, 4) is 11.3 Å². The van der Waals surface area contributed by atoms with E-state index in [4.69, 9.17) is 0 Å². The zero-order valence-corrected chi connectivity index (χ0v) is 19.9. The van der Waals surface area contributed by atoms with E-state index < -0.39 is 5.54 Å². The van der Waals surface area contributed by atoms with E-state index in [-0.39, 0.29) is 23.0 Å². The highest BCUT2D eigenvalue weighted by Gasteiger charge is 2.44. The molecule has 180 valence electrons. The number of carbonyl (C=O) groups excluding carboxylic acids is 1. The number of amides is 1. The molecule has 3 heterocycles. The molecule has 8 heteroatoms. The van der Waals surface area contributed by atoms with E-state index in [1.807, 2.05) is 49.5 Å². The number of nitrogens with zero attached hydrogens (tertiary/aromatic N) is 3. The summed E-state index contributed by atoms with van der Waals surface area (Å²) in [5.74, 6) is -0.703. The fourth-order valence-corrected chi connectivity index (χ4v) is 5.19. The molecular formula is C28H24FN5O2. The third kappa shape index (κ3) is 3.58. The normalized spacial score (nSPS) is 15.2. The number of hydrogen-bond donors (Lipinski definition) is 2. The summed E-state index contributed by atoms with van der Waals surface area (Å²) >= 11 is 0. The second-order valence-electron chi connectivity index (χ2n) is 9.54. The van der Waals surface area contributed by atoms with Crippen molar-refractivity contribution in [3.63, 3.8) is 0 Å². The van der Waals surface area contributed by atoms with Gasteiger partial charge in [-0.05, 0) is 48.5 Å². The van der Waals surface area contributed by atoms with Crippen LogP contribution in [0.15, 0.2) is 77.7 Å². The fraction of sp³-hybridized carbons (Fsp3) is 0.179. The molecule has 0 radical (unpaired) electrons. The van der Waals surface area contributed by atoms with Crippen LogP contribution >= 0.6 is 0 Å². The van der Waals surface area contributed by atoms with Gasteiger partial charge in [0, 0.05) is 24.2 Å². The lowest BCUT2D eigenvalue weighted by molar-refractivity contribution is 0.0507. The molecule has 0 bridgehead atoms. The summed E-state index contributed by atoms with van der Waals surface area (Å²) in [5, 5.41) is 9.78. The van der Waals surface area contributed by atoms with Crippen LogP contribution in [-0.4, -0.2) is 45.5 Å². The molecule has 0 spiro atoms. The van der Waals surface area contributed by atoms with Crippen molar-refractivity contribution >= 4 is 22.2 Å². The van der Waals surface area contributed by atoms with Gasteiger partial charge in [0.05, 0.1) is 17.4 Å². The quantitative estimate of drug-likeness (QED) is 0.408. The molecule has 0 aliphatic carbocycles. The monoisotopic (exact) mass is 481 g/mol. The van der Waals surface area contributed by atoms with Gasteiger partial charge in [0.15, 0.2) is 5.69 Å². The zero-order chi connectivity index (χ0) is 25.0. The average Bonchev–Trinajstić information content (AvgIpc) is 3.20. The predicted octanol–water partition coefficient (Wildman–Crippen LogP) is 3.86. The predicted molar refractivity (Wildman–Crippen MR) is 137 cm³/mol. The van der Waals surface area contributed by atoms with Gasteiger partial charge >= 0.3 is 0 Å². The van der Waals surface area contributed by atoms with E-state index in [1.54, 1.807) is 25.3 Å². The molecule has 0 atom stereocenters. The minimum Gasteiger partial charge on any atom is -0.338 e. The third-order valence-corrected chi connectivity index (χ3v) is 6.97. The van der Waals surface area contributed by atoms with Gasteiger partial charge in [0.2, 0.25) is 0 Å². The molecule has 1 saturated heterocycles. The van der Waals surface area contributed by atoms with Gasteiger partial charge in [0.25, 0.3) is 11.5 Å². The number of fused-ring (bicyclic) bond motifs is 2. The highest BCUT2D eigenvalue weighted by Crippen LogP contribution is 2.32. The highest BCUT2D eigenvalue weighted by atomic mass is 19.1. The van der Waals surface area contributed by atoms with Gasteiger partial charge in [-0.25, -0.2) is 8.91 Å². The SMILES string of the molecule is Cc1c(C(=O)NC2(c3ccc(F)cc3)CN(C)C2)nn2cc(-c3ccc4ccccc4c3)[nH]c(=O)c12. The van der Waals surface area contributed by atoms with E-state index in [1.165, 1.54) is 16.6 Å². The van der Waals surface area contributed by atoms with Crippen LogP contribution in [0.3, 0.4) is 0 Å². The number of aromatic amines is 1. The Morgan fingerprint density at radius 3 is 2.50 bits per heavy atom. The lowest BCUT2D eigenvalue weighted by Gasteiger charge is -2.49. The van der Waals surface area contributed by atoms with Gasteiger partial charge in [-0.15, -0.1) is 0 Å². The average molecular weight is 482 g/mol. The molecule has 2 aromatic heterocycles. The molecule has 36 heavy (non-hydrogen) atoms. The molecule has 1 aliphatic heterocycles. The third-order valence-electron chi connectivity index (χ3n) is 6.97. The first-order valence-corrected chi connectivity index (χ1v) is 11.7. The van der Waals surface area contributed by atoms with Crippen LogP contribution in [0.25, 0.3) is 27.5 Å². The molecule has 0 saturated carbocycles. The van der Waals surface area contributed by atoms with Crippen LogP contribution in [0, 0.1) is 12.7 Å². The van der Waals surface area contributed by atoms with Gasteiger partial charge in [-0.3, -0.25) is 9.59 Å². The van der Waals surface area contributed by atoms with Crippen molar-refractivity contribution < 1.29 is 9.18 Å². The number of rotatable bonds is 4. The van der Waals surface area contributed by atoms with Crippen LogP contribution < -0.4 is 10.9 Å². The lowest BCUT2D eigenvalue weighted by Crippen LogP contribution is -2.66. The zero-order valence-electron chi connectivity index (χ0n) is 19.9. The topological polar surface area (TPSA) is 82.5 Å². The first-order chi connectivity index (χ1) is 17.3. The van der Waals surface area contributed by atoms with Crippen molar-refractivity contribution in [3.05, 3.63) is 106 Å². The Balaban J connectivity index is 1.37. The number of H-pyrrole nitrogens is 1. The molecule has 5 aromatic rings. The minimum absolute atomic E-state index is 0.187. The largest absolute Gasteiger partial charge is 0.338 e. The summed E-state index contributed by atoms with van der Waals surface area (Å²) in [5.41, 5.74) is 2.33. The summed E-state index contributed by atoms with van der Waals surface area (Å²) in [7, 11) is 1.96. The van der Waals surface area contributed by atoms with Crippen LogP contribution in [0.5, 0.6) is 0 Å². The van der Waals surface area contributed by atoms with Crippen molar-refractivity contribution in [2.75, 3.05) is 20.1 Å². The Morgan fingerprint density at radius 2 is 1.78 bits per heavy atom. The number of carbonyl (C=O) groups is 1. The summed E-state index contributed by atoms with van der Waals surface area (Å²) < 4.78 is 15.0. The lowest BCUT2D eigenvalue weighted by atomic mass is 9.82. The Bertz CT molecular complexity index is 1700. The Hall–Kier alpha value is -4.30. The smallest absolute Gasteiger partial charge is 0.274 e. The van der Waals surface area contributed by atoms with E-state index in [2.05, 4.69) is 20.3 Å². The van der Waals surface area contributed by atoms with Crippen LogP contribution in [0.4, 0.5) is 4.39 Å². The van der Waals surface area contributed by atoms with Crippen molar-refractivity contribution in [1.82, 2.24) is 24.8 Å². The van der Waals surface area contributed by atoms with Gasteiger partial charge in [-0.2, -0.15) is 5.10 Å². The second-order valence-corrected chi connectivity index (χ2v) is 9.54. The summed E-state index contributed by atoms with van der Waals surface area (Å²) in [6, 6.07) is 20.1. The summed E-state index contributed by atoms with van der Waals surface area (Å²) in [6.07, 6.45) is 1.73. The fourth-order valence-electron chi connectivity index (χ4n) is 5.19. The molecule has 2 N–H and O–H groups in total. The molecule has 1 amide bonds. The Labute approximate surface area is 206 Å². The van der Waals surface area contributed by atoms with E-state index in [0.29, 0.717) is 29.9 Å². The van der Waals surface area contributed by atoms with Gasteiger partial charge < -0.3 is 15.2 Å². The van der Waals surface area contributed by atoms with E-state index >= 15 is 0 Å². The number of hydrogen-bond acceptors (Lipinski definition) is 4. The molecule has 3 aromatic carbocycles. The van der Waals surface area contributed by atoms with Crippen molar-refractivity contribution in [2.24, 2.45) is 0 Å². The Kier molecular flexibility index (Phi) is 5.01. The van der Waals surface area contributed by atoms with Gasteiger partial charge in [0.1, 0.15) is 11.3 Å².